The number of amides is 5. The normalized spacial score (nSPS) is 28.2. The number of nitrogens with zero attached hydrogens (tertiary/aromatic N) is 1. The highest BCUT2D eigenvalue weighted by atomic mass is 32.2. The maximum atomic E-state index is 12.9. The van der Waals surface area contributed by atoms with Crippen LogP contribution in [0.2, 0.25) is 0 Å². The lowest BCUT2D eigenvalue weighted by Crippen LogP contribution is -2.40. The third kappa shape index (κ3) is 4.03. The van der Waals surface area contributed by atoms with Crippen molar-refractivity contribution in [3.05, 3.63) is 23.8 Å². The lowest BCUT2D eigenvalue weighted by Gasteiger charge is -2.20. The average Bonchev–Trinajstić information content (AvgIpc) is 3.46. The summed E-state index contributed by atoms with van der Waals surface area (Å²) in [5.41, 5.74) is 1.47. The zero-order valence-corrected chi connectivity index (χ0v) is 18.5. The van der Waals surface area contributed by atoms with Gasteiger partial charge in [0.2, 0.25) is 11.8 Å². The summed E-state index contributed by atoms with van der Waals surface area (Å²) in [6.07, 6.45) is 4.53. The molecule has 170 valence electrons. The van der Waals surface area contributed by atoms with Gasteiger partial charge in [0.05, 0.1) is 23.3 Å². The van der Waals surface area contributed by atoms with Gasteiger partial charge < -0.3 is 26.2 Å². The van der Waals surface area contributed by atoms with Gasteiger partial charge in [0, 0.05) is 29.7 Å². The number of benzene rings is 1. The third-order valence-corrected chi connectivity index (χ3v) is 8.20. The SMILES string of the molecule is O=C(CCCC[C@@H]1SC[C@@H]2NC(=O)N[C@H]21)Nc1ccc2c(c1)C(=O)N1CCC[C@@H]1C(=O)N2. The van der Waals surface area contributed by atoms with Crippen molar-refractivity contribution in [2.75, 3.05) is 22.9 Å². The molecule has 0 aliphatic carbocycles. The van der Waals surface area contributed by atoms with Crippen LogP contribution in [0, 0.1) is 0 Å². The van der Waals surface area contributed by atoms with E-state index >= 15 is 0 Å². The van der Waals surface area contributed by atoms with Crippen LogP contribution in [-0.2, 0) is 9.59 Å². The Morgan fingerprint density at radius 3 is 2.94 bits per heavy atom. The number of fused-ring (bicyclic) bond motifs is 3. The van der Waals surface area contributed by atoms with E-state index in [1.54, 1.807) is 23.1 Å². The van der Waals surface area contributed by atoms with Crippen LogP contribution in [0.1, 0.15) is 48.9 Å². The Hall–Kier alpha value is -2.75. The quantitative estimate of drug-likeness (QED) is 0.384. The second kappa shape index (κ2) is 8.65. The second-order valence-corrected chi connectivity index (χ2v) is 10.1. The number of unbranched alkanes of at least 4 members (excludes halogenated alkanes) is 1. The molecule has 0 saturated carbocycles. The summed E-state index contributed by atoms with van der Waals surface area (Å²) >= 11 is 1.88. The molecule has 4 aliphatic rings. The van der Waals surface area contributed by atoms with Crippen molar-refractivity contribution in [1.82, 2.24) is 15.5 Å². The van der Waals surface area contributed by atoms with E-state index in [1.165, 1.54) is 0 Å². The zero-order chi connectivity index (χ0) is 22.2. The van der Waals surface area contributed by atoms with Crippen LogP contribution in [-0.4, -0.2) is 64.3 Å². The fourth-order valence-electron chi connectivity index (χ4n) is 5.06. The van der Waals surface area contributed by atoms with Crippen LogP contribution in [0.15, 0.2) is 18.2 Å². The lowest BCUT2D eigenvalue weighted by atomic mass is 10.0. The Bertz CT molecular complexity index is 970. The van der Waals surface area contributed by atoms with Crippen molar-refractivity contribution in [1.29, 1.82) is 0 Å². The topological polar surface area (TPSA) is 120 Å². The van der Waals surface area contributed by atoms with Crippen molar-refractivity contribution in [2.24, 2.45) is 0 Å². The summed E-state index contributed by atoms with van der Waals surface area (Å²) in [7, 11) is 0. The van der Waals surface area contributed by atoms with Gasteiger partial charge in [-0.25, -0.2) is 4.79 Å². The Labute approximate surface area is 190 Å². The number of carbonyl (C=O) groups excluding carboxylic acids is 4. The Morgan fingerprint density at radius 1 is 1.19 bits per heavy atom. The highest BCUT2D eigenvalue weighted by Gasteiger charge is 2.42. The molecule has 0 radical (unpaired) electrons. The number of hydrogen-bond acceptors (Lipinski definition) is 5. The van der Waals surface area contributed by atoms with Crippen molar-refractivity contribution in [2.45, 2.75) is 61.9 Å². The van der Waals surface area contributed by atoms with E-state index in [-0.39, 0.29) is 35.8 Å². The van der Waals surface area contributed by atoms with Crippen molar-refractivity contribution in [3.8, 4) is 0 Å². The van der Waals surface area contributed by atoms with Gasteiger partial charge in [0.25, 0.3) is 5.91 Å². The fraction of sp³-hybridized carbons (Fsp3) is 0.545. The van der Waals surface area contributed by atoms with Gasteiger partial charge in [0.15, 0.2) is 0 Å². The van der Waals surface area contributed by atoms with Gasteiger partial charge in [0.1, 0.15) is 6.04 Å². The van der Waals surface area contributed by atoms with Crippen LogP contribution in [0.3, 0.4) is 0 Å². The van der Waals surface area contributed by atoms with Gasteiger partial charge in [-0.05, 0) is 43.9 Å². The molecule has 0 unspecified atom stereocenters. The van der Waals surface area contributed by atoms with Gasteiger partial charge >= 0.3 is 6.03 Å². The third-order valence-electron chi connectivity index (χ3n) is 6.69. The summed E-state index contributed by atoms with van der Waals surface area (Å²) in [6, 6.07) is 4.97. The monoisotopic (exact) mass is 457 g/mol. The highest BCUT2D eigenvalue weighted by molar-refractivity contribution is 8.00. The molecule has 3 fully saturated rings. The summed E-state index contributed by atoms with van der Waals surface area (Å²) in [5, 5.41) is 12.0. The van der Waals surface area contributed by atoms with E-state index in [0.717, 1.165) is 31.4 Å². The zero-order valence-electron chi connectivity index (χ0n) is 17.7. The molecule has 4 heterocycles. The maximum absolute atomic E-state index is 12.9. The maximum Gasteiger partial charge on any atom is 0.315 e. The molecular formula is C22H27N5O4S. The predicted molar refractivity (Wildman–Crippen MR) is 122 cm³/mol. The first-order chi connectivity index (χ1) is 15.5. The number of rotatable bonds is 6. The number of thioether (sulfide) groups is 1. The first-order valence-corrected chi connectivity index (χ1v) is 12.3. The minimum absolute atomic E-state index is 0.0799. The number of nitrogens with one attached hydrogen (secondary N) is 4. The Morgan fingerprint density at radius 2 is 2.06 bits per heavy atom. The molecule has 0 spiro atoms. The Kier molecular flexibility index (Phi) is 5.71. The minimum atomic E-state index is -0.408. The first kappa shape index (κ1) is 21.1. The molecule has 0 aromatic heterocycles. The van der Waals surface area contributed by atoms with Crippen LogP contribution < -0.4 is 21.3 Å². The van der Waals surface area contributed by atoms with Crippen molar-refractivity contribution in [3.63, 3.8) is 0 Å². The highest BCUT2D eigenvalue weighted by Crippen LogP contribution is 2.33. The Balaban J connectivity index is 1.13. The number of urea groups is 1. The van der Waals surface area contributed by atoms with Gasteiger partial charge in [-0.15, -0.1) is 0 Å². The van der Waals surface area contributed by atoms with E-state index < -0.39 is 6.04 Å². The smallest absolute Gasteiger partial charge is 0.315 e. The van der Waals surface area contributed by atoms with E-state index in [9.17, 15) is 19.2 Å². The summed E-state index contributed by atoms with van der Waals surface area (Å²) in [6.45, 7) is 0.577. The van der Waals surface area contributed by atoms with Crippen LogP contribution >= 0.6 is 11.8 Å². The molecule has 32 heavy (non-hydrogen) atoms. The molecule has 5 amide bonds. The first-order valence-electron chi connectivity index (χ1n) is 11.2. The molecule has 4 aliphatic heterocycles. The number of anilines is 2. The van der Waals surface area contributed by atoms with E-state index in [4.69, 9.17) is 0 Å². The molecule has 9 nitrogen and oxygen atoms in total. The molecular weight excluding hydrogens is 430 g/mol. The number of hydrogen-bond donors (Lipinski definition) is 4. The summed E-state index contributed by atoms with van der Waals surface area (Å²) in [4.78, 5) is 50.8. The van der Waals surface area contributed by atoms with E-state index in [1.807, 2.05) is 11.8 Å². The molecule has 4 atom stereocenters. The molecule has 4 N–H and O–H groups in total. The molecule has 5 rings (SSSR count). The molecule has 1 aromatic rings. The largest absolute Gasteiger partial charge is 0.332 e. The van der Waals surface area contributed by atoms with Crippen LogP contribution in [0.25, 0.3) is 0 Å². The van der Waals surface area contributed by atoms with Crippen molar-refractivity contribution < 1.29 is 19.2 Å². The van der Waals surface area contributed by atoms with Crippen molar-refractivity contribution >= 4 is 46.9 Å². The van der Waals surface area contributed by atoms with E-state index in [2.05, 4.69) is 21.3 Å². The summed E-state index contributed by atoms with van der Waals surface area (Å²) < 4.78 is 0. The second-order valence-electron chi connectivity index (χ2n) is 8.82. The van der Waals surface area contributed by atoms with Gasteiger partial charge in [-0.1, -0.05) is 6.42 Å². The molecule has 0 bridgehead atoms. The molecule has 10 heteroatoms. The molecule has 1 aromatic carbocycles. The van der Waals surface area contributed by atoms with Gasteiger partial charge in [-0.2, -0.15) is 11.8 Å². The standard InChI is InChI=1S/C22H27N5O4S/c28-18(6-2-1-5-17-19-15(11-32-17)25-22(31)26-19)23-12-7-8-14-13(10-12)21(30)27-9-3-4-16(27)20(29)24-14/h7-8,10,15-17,19H,1-6,9,11H2,(H,23,28)(H,24,29)(H2,25,26,31)/t15-,16+,17-,19+/m0/s1. The molecule has 3 saturated heterocycles. The van der Waals surface area contributed by atoms with Crippen LogP contribution in [0.5, 0.6) is 0 Å². The summed E-state index contributed by atoms with van der Waals surface area (Å²) in [5.74, 6) is 0.523. The number of carbonyl (C=O) groups is 4. The predicted octanol–water partition coefficient (Wildman–Crippen LogP) is 1.91. The van der Waals surface area contributed by atoms with Crippen LogP contribution in [0.4, 0.5) is 16.2 Å². The van der Waals surface area contributed by atoms with E-state index in [0.29, 0.717) is 41.6 Å². The average molecular weight is 458 g/mol. The fourth-order valence-corrected chi connectivity index (χ4v) is 6.60. The van der Waals surface area contributed by atoms with Gasteiger partial charge in [-0.3, -0.25) is 14.4 Å². The lowest BCUT2D eigenvalue weighted by molar-refractivity contribution is -0.119. The minimum Gasteiger partial charge on any atom is -0.332 e.